The van der Waals surface area contributed by atoms with Crippen LogP contribution in [0.25, 0.3) is 0 Å². The highest BCUT2D eigenvalue weighted by atomic mass is 32.2. The number of hydrogen-bond acceptors (Lipinski definition) is 4. The van der Waals surface area contributed by atoms with Crippen LogP contribution in [0.4, 0.5) is 13.2 Å². The van der Waals surface area contributed by atoms with Crippen LogP contribution in [0.15, 0.2) is 0 Å². The second-order valence-corrected chi connectivity index (χ2v) is 9.38. The summed E-state index contributed by atoms with van der Waals surface area (Å²) in [5.41, 5.74) is 0. The van der Waals surface area contributed by atoms with Crippen molar-refractivity contribution in [2.24, 2.45) is 0 Å². The molecule has 0 amide bonds. The summed E-state index contributed by atoms with van der Waals surface area (Å²) in [5, 5.41) is 0.0227. The maximum atomic E-state index is 12.5. The second kappa shape index (κ2) is 5.74. The van der Waals surface area contributed by atoms with E-state index in [0.29, 0.717) is 0 Å². The lowest BCUT2D eigenvalue weighted by Gasteiger charge is -2.25. The van der Waals surface area contributed by atoms with Gasteiger partial charge in [0.25, 0.3) is 0 Å². The number of halogens is 3. The van der Waals surface area contributed by atoms with Crippen molar-refractivity contribution >= 4 is 35.5 Å². The molecule has 0 N–H and O–H groups in total. The third-order valence-corrected chi connectivity index (χ3v) is 4.06. The van der Waals surface area contributed by atoms with Gasteiger partial charge < -0.3 is 9.30 Å². The van der Waals surface area contributed by atoms with Crippen LogP contribution in [0.1, 0.15) is 13.8 Å². The molecule has 0 aliphatic carbocycles. The highest BCUT2D eigenvalue weighted by molar-refractivity contribution is 8.23. The molecule has 0 fully saturated rings. The van der Waals surface area contributed by atoms with Crippen molar-refractivity contribution in [1.82, 2.24) is 0 Å². The Morgan fingerprint density at radius 1 is 1.38 bits per heavy atom. The summed E-state index contributed by atoms with van der Waals surface area (Å²) >= 11 is 5.67. The summed E-state index contributed by atoms with van der Waals surface area (Å²) in [6.45, 7) is 5.63. The molecule has 0 radical (unpaired) electrons. The van der Waals surface area contributed by atoms with Gasteiger partial charge in [-0.3, -0.25) is 0 Å². The van der Waals surface area contributed by atoms with Gasteiger partial charge in [-0.25, -0.2) is 0 Å². The van der Waals surface area contributed by atoms with E-state index in [2.05, 4.69) is 17.0 Å². The van der Waals surface area contributed by atoms with Gasteiger partial charge in [-0.2, -0.15) is 13.2 Å². The first-order valence-corrected chi connectivity index (χ1v) is 8.39. The predicted molar refractivity (Wildman–Crippen MR) is 65.7 cm³/mol. The van der Waals surface area contributed by atoms with Crippen LogP contribution in [0.2, 0.25) is 0 Å². The van der Waals surface area contributed by atoms with E-state index in [1.807, 2.05) is 0 Å². The lowest BCUT2D eigenvalue weighted by Crippen LogP contribution is -2.32. The summed E-state index contributed by atoms with van der Waals surface area (Å²) in [4.78, 5) is 0. The topological polar surface area (TPSA) is 26.3 Å². The molecule has 0 aromatic carbocycles. The zero-order valence-corrected chi connectivity index (χ0v) is 11.9. The molecule has 1 atom stereocenters. The zero-order valence-electron chi connectivity index (χ0n) is 9.37. The molecule has 0 rings (SSSR count). The number of rotatable bonds is 3. The number of alkyl halides is 3. The molecule has 96 valence electrons. The Hall–Kier alpha value is 0.260. The molecule has 2 nitrogen and oxygen atoms in total. The van der Waals surface area contributed by atoms with E-state index in [1.165, 1.54) is 0 Å². The van der Waals surface area contributed by atoms with Crippen LogP contribution in [0.5, 0.6) is 0 Å². The minimum atomic E-state index is -4.67. The molecule has 1 unspecified atom stereocenters. The molecule has 0 aromatic rings. The van der Waals surface area contributed by atoms with Gasteiger partial charge in [-0.1, -0.05) is 25.6 Å². The minimum absolute atomic E-state index is 0.0227. The van der Waals surface area contributed by atoms with E-state index >= 15 is 0 Å². The summed E-state index contributed by atoms with van der Waals surface area (Å²) in [6, 6.07) is 0. The van der Waals surface area contributed by atoms with E-state index in [0.717, 1.165) is 25.1 Å². The fraction of sp³-hybridized carbons (Fsp3) is 0.875. The smallest absolute Gasteiger partial charge is 0.432 e. The SMILES string of the molecule is CC(C)SC(=S)OC(C(F)(F)F)P(C)(C)=O. The maximum absolute atomic E-state index is 12.5. The molecule has 0 spiro atoms. The highest BCUT2D eigenvalue weighted by Crippen LogP contribution is 2.51. The fourth-order valence-electron chi connectivity index (χ4n) is 0.858. The summed E-state index contributed by atoms with van der Waals surface area (Å²) in [5.74, 6) is -2.31. The Morgan fingerprint density at radius 2 is 1.81 bits per heavy atom. The minimum Gasteiger partial charge on any atom is -0.458 e. The number of thioether (sulfide) groups is 1. The quantitative estimate of drug-likeness (QED) is 0.582. The van der Waals surface area contributed by atoms with Crippen molar-refractivity contribution < 1.29 is 22.5 Å². The van der Waals surface area contributed by atoms with Crippen molar-refractivity contribution in [3.63, 3.8) is 0 Å². The molecule has 0 heterocycles. The third kappa shape index (κ3) is 6.11. The average molecular weight is 294 g/mol. The summed E-state index contributed by atoms with van der Waals surface area (Å²) < 4.78 is 53.5. The first-order chi connectivity index (χ1) is 6.94. The zero-order chi connectivity index (χ0) is 13.1. The standard InChI is InChI=1S/C8H14F3O2PS2/c1-5(2)16-7(15)13-6(8(9,10)11)14(3,4)12/h5-6H,1-4H3. The van der Waals surface area contributed by atoms with E-state index in [4.69, 9.17) is 0 Å². The van der Waals surface area contributed by atoms with Crippen molar-refractivity contribution in [2.45, 2.75) is 31.1 Å². The molecule has 0 bridgehead atoms. The Kier molecular flexibility index (Phi) is 5.83. The van der Waals surface area contributed by atoms with E-state index < -0.39 is 19.2 Å². The lowest BCUT2D eigenvalue weighted by atomic mass is 10.6. The summed E-state index contributed by atoms with van der Waals surface area (Å²) in [6.07, 6.45) is -4.67. The summed E-state index contributed by atoms with van der Waals surface area (Å²) in [7, 11) is -3.44. The maximum Gasteiger partial charge on any atom is 0.432 e. The van der Waals surface area contributed by atoms with Crippen LogP contribution in [-0.4, -0.2) is 35.0 Å². The normalized spacial score (nSPS) is 15.0. The van der Waals surface area contributed by atoms with Crippen LogP contribution in [-0.2, 0) is 9.30 Å². The molecular formula is C8H14F3O2PS2. The van der Waals surface area contributed by atoms with Crippen LogP contribution in [0.3, 0.4) is 0 Å². The first kappa shape index (κ1) is 16.3. The average Bonchev–Trinajstić information content (AvgIpc) is 1.94. The fourth-order valence-corrected chi connectivity index (χ4v) is 3.27. The Bertz CT molecular complexity index is 298. The van der Waals surface area contributed by atoms with Crippen molar-refractivity contribution in [2.75, 3.05) is 13.3 Å². The van der Waals surface area contributed by atoms with Crippen LogP contribution >= 0.6 is 31.1 Å². The van der Waals surface area contributed by atoms with Gasteiger partial charge in [0.1, 0.15) is 7.14 Å². The Morgan fingerprint density at radius 3 is 2.06 bits per heavy atom. The van der Waals surface area contributed by atoms with Gasteiger partial charge in [0.15, 0.2) is 0 Å². The molecule has 8 heteroatoms. The van der Waals surface area contributed by atoms with E-state index in [9.17, 15) is 17.7 Å². The molecule has 0 saturated heterocycles. The Labute approximate surface area is 103 Å². The van der Waals surface area contributed by atoms with Gasteiger partial charge >= 0.3 is 6.18 Å². The van der Waals surface area contributed by atoms with Gasteiger partial charge in [0.2, 0.25) is 10.2 Å². The number of ether oxygens (including phenoxy) is 1. The van der Waals surface area contributed by atoms with Crippen molar-refractivity contribution in [1.29, 1.82) is 0 Å². The van der Waals surface area contributed by atoms with Crippen molar-refractivity contribution in [3.05, 3.63) is 0 Å². The third-order valence-electron chi connectivity index (χ3n) is 1.38. The molecule has 16 heavy (non-hydrogen) atoms. The predicted octanol–water partition coefficient (Wildman–Crippen LogP) is 3.94. The molecule has 0 aromatic heterocycles. The highest BCUT2D eigenvalue weighted by Gasteiger charge is 2.49. The van der Waals surface area contributed by atoms with Gasteiger partial charge in [-0.05, 0) is 25.5 Å². The Balaban J connectivity index is 4.72. The first-order valence-electron chi connectivity index (χ1n) is 4.43. The number of hydrogen-bond donors (Lipinski definition) is 0. The van der Waals surface area contributed by atoms with Crippen LogP contribution < -0.4 is 0 Å². The molecule has 0 aliphatic heterocycles. The van der Waals surface area contributed by atoms with Gasteiger partial charge in [0, 0.05) is 5.25 Å². The molecular weight excluding hydrogens is 280 g/mol. The van der Waals surface area contributed by atoms with Gasteiger partial charge in [0.05, 0.1) is 0 Å². The van der Waals surface area contributed by atoms with Crippen LogP contribution in [0, 0.1) is 0 Å². The lowest BCUT2D eigenvalue weighted by molar-refractivity contribution is -0.171. The van der Waals surface area contributed by atoms with E-state index in [1.54, 1.807) is 13.8 Å². The van der Waals surface area contributed by atoms with Crippen molar-refractivity contribution in [3.8, 4) is 0 Å². The largest absolute Gasteiger partial charge is 0.458 e. The second-order valence-electron chi connectivity index (χ2n) is 3.86. The molecule has 0 aliphatic rings. The van der Waals surface area contributed by atoms with Gasteiger partial charge in [-0.15, -0.1) is 0 Å². The monoisotopic (exact) mass is 294 g/mol. The molecule has 0 saturated carbocycles. The number of thiocarbonyl (C=S) groups is 1. The van der Waals surface area contributed by atoms with E-state index in [-0.39, 0.29) is 9.63 Å².